The molecule has 0 spiro atoms. The van der Waals surface area contributed by atoms with E-state index in [4.69, 9.17) is 0 Å². The second kappa shape index (κ2) is 2.90. The van der Waals surface area contributed by atoms with Gasteiger partial charge in [-0.05, 0) is 36.5 Å². The molecular weight excluding hydrogens is 172 g/mol. The Kier molecular flexibility index (Phi) is 1.89. The maximum atomic E-state index is 10.8. The zero-order chi connectivity index (χ0) is 8.55. The van der Waals surface area contributed by atoms with E-state index in [1.807, 2.05) is 12.1 Å². The Morgan fingerprint density at radius 1 is 1.17 bits per heavy atom. The first kappa shape index (κ1) is 7.80. The van der Waals surface area contributed by atoms with Crippen LogP contribution in [0.2, 0.25) is 0 Å². The van der Waals surface area contributed by atoms with Crippen LogP contribution in [0.3, 0.4) is 0 Å². The molecule has 0 amide bonds. The van der Waals surface area contributed by atoms with E-state index in [1.54, 1.807) is 6.07 Å². The Hall–Kier alpha value is -0.830. The number of rotatable bonds is 1. The lowest BCUT2D eigenvalue weighted by Gasteiger charge is -2.00. The molecule has 1 aromatic carbocycles. The summed E-state index contributed by atoms with van der Waals surface area (Å²) < 4.78 is 21.6. The average Bonchev–Trinajstić information content (AvgIpc) is 2.49. The molecule has 0 N–H and O–H groups in total. The molecule has 2 rings (SSSR count). The number of hydrogen-bond acceptors (Lipinski definition) is 2. The number of benzene rings is 1. The molecule has 0 heterocycles. The van der Waals surface area contributed by atoms with Gasteiger partial charge in [-0.15, -0.1) is 0 Å². The van der Waals surface area contributed by atoms with Crippen LogP contribution in [0.15, 0.2) is 23.1 Å². The summed E-state index contributed by atoms with van der Waals surface area (Å²) in [7, 11) is -2.40. The van der Waals surface area contributed by atoms with Crippen LogP contribution in [0.1, 0.15) is 17.5 Å². The normalized spacial score (nSPS) is 15.1. The lowest BCUT2D eigenvalue weighted by atomic mass is 10.1. The highest BCUT2D eigenvalue weighted by atomic mass is 32.2. The molecule has 1 aliphatic rings. The van der Waals surface area contributed by atoms with E-state index < -0.39 is 10.7 Å². The quantitative estimate of drug-likeness (QED) is 0.661. The van der Waals surface area contributed by atoms with Gasteiger partial charge in [-0.2, -0.15) is 0 Å². The lowest BCUT2D eigenvalue weighted by molar-refractivity contribution is 0.613. The van der Waals surface area contributed by atoms with Crippen molar-refractivity contribution in [3.8, 4) is 0 Å². The van der Waals surface area contributed by atoms with Crippen molar-refractivity contribution in [2.75, 3.05) is 0 Å². The molecule has 0 bridgehead atoms. The van der Waals surface area contributed by atoms with Crippen LogP contribution in [0.5, 0.6) is 0 Å². The predicted octanol–water partition coefficient (Wildman–Crippen LogP) is 1.15. The monoisotopic (exact) mass is 182 g/mol. The van der Waals surface area contributed by atoms with Crippen molar-refractivity contribution in [3.05, 3.63) is 29.3 Å². The predicted molar refractivity (Wildman–Crippen MR) is 47.0 cm³/mol. The number of fused-ring (bicyclic) bond motifs is 1. The molecule has 0 radical (unpaired) electrons. The molecule has 2 nitrogen and oxygen atoms in total. The van der Waals surface area contributed by atoms with Crippen molar-refractivity contribution < 1.29 is 8.42 Å². The summed E-state index contributed by atoms with van der Waals surface area (Å²) in [5, 5.41) is 0. The summed E-state index contributed by atoms with van der Waals surface area (Å²) in [6.45, 7) is 0. The fourth-order valence-electron chi connectivity index (χ4n) is 1.77. The molecule has 0 atom stereocenters. The van der Waals surface area contributed by atoms with Crippen LogP contribution in [0.4, 0.5) is 0 Å². The van der Waals surface area contributed by atoms with Crippen LogP contribution in [0.25, 0.3) is 0 Å². The highest BCUT2D eigenvalue weighted by Gasteiger charge is 2.14. The summed E-state index contributed by atoms with van der Waals surface area (Å²) in [6, 6.07) is 5.53. The van der Waals surface area contributed by atoms with Gasteiger partial charge in [0.15, 0.2) is 10.7 Å². The molecule has 64 valence electrons. The summed E-state index contributed by atoms with van der Waals surface area (Å²) in [6.07, 6.45) is 3.05. The number of hydrogen-bond donors (Lipinski definition) is 1. The smallest absolute Gasteiger partial charge is 0.168 e. The third-order valence-electron chi connectivity index (χ3n) is 2.32. The molecule has 0 aliphatic heterocycles. The van der Waals surface area contributed by atoms with Crippen molar-refractivity contribution in [3.63, 3.8) is 0 Å². The Labute approximate surface area is 73.2 Å². The first-order valence-corrected chi connectivity index (χ1v) is 5.22. The Bertz CT molecular complexity index is 372. The minimum Gasteiger partial charge on any atom is -0.227 e. The fourth-order valence-corrected chi connectivity index (χ4v) is 2.45. The molecule has 1 aliphatic carbocycles. The molecule has 0 aromatic heterocycles. The van der Waals surface area contributed by atoms with Gasteiger partial charge < -0.3 is 0 Å². The third-order valence-corrected chi connectivity index (χ3v) is 3.13. The Morgan fingerprint density at radius 2 is 2.00 bits per heavy atom. The molecule has 12 heavy (non-hydrogen) atoms. The van der Waals surface area contributed by atoms with E-state index in [0.717, 1.165) is 24.8 Å². The van der Waals surface area contributed by atoms with Crippen LogP contribution in [-0.4, -0.2) is 8.42 Å². The maximum absolute atomic E-state index is 10.8. The molecule has 1 aromatic rings. The van der Waals surface area contributed by atoms with E-state index in [9.17, 15) is 8.42 Å². The van der Waals surface area contributed by atoms with Crippen molar-refractivity contribution in [1.29, 1.82) is 0 Å². The van der Waals surface area contributed by atoms with E-state index in [2.05, 4.69) is 0 Å². The molecule has 0 unspecified atom stereocenters. The highest BCUT2D eigenvalue weighted by Crippen LogP contribution is 2.25. The zero-order valence-electron chi connectivity index (χ0n) is 6.62. The van der Waals surface area contributed by atoms with Gasteiger partial charge in [0.1, 0.15) is 0 Å². The molecule has 3 heteroatoms. The third kappa shape index (κ3) is 1.14. The fraction of sp³-hybridized carbons (Fsp3) is 0.333. The Morgan fingerprint density at radius 3 is 2.75 bits per heavy atom. The van der Waals surface area contributed by atoms with Crippen LogP contribution < -0.4 is 0 Å². The van der Waals surface area contributed by atoms with Gasteiger partial charge in [-0.25, -0.2) is 8.42 Å². The van der Waals surface area contributed by atoms with Gasteiger partial charge in [0.25, 0.3) is 0 Å². The van der Waals surface area contributed by atoms with E-state index in [-0.39, 0.29) is 0 Å². The van der Waals surface area contributed by atoms with Crippen LogP contribution >= 0.6 is 0 Å². The topological polar surface area (TPSA) is 34.1 Å². The van der Waals surface area contributed by atoms with Crippen molar-refractivity contribution >= 4 is 10.7 Å². The van der Waals surface area contributed by atoms with Gasteiger partial charge in [-0.3, -0.25) is 0 Å². The van der Waals surface area contributed by atoms with Gasteiger partial charge in [0, 0.05) is 0 Å². The second-order valence-electron chi connectivity index (χ2n) is 3.03. The SMILES string of the molecule is O=[SH](=O)c1cccc2c1CCC2. The minimum atomic E-state index is -2.40. The standard InChI is InChI=1S/C9H10O2S/c10-12(11)9-6-2-4-7-3-1-5-8(7)9/h2,4,6,12H,1,3,5H2. The number of aryl methyl sites for hydroxylation is 1. The minimum absolute atomic E-state index is 0.528. The summed E-state index contributed by atoms with van der Waals surface area (Å²) in [5.74, 6) is 0. The zero-order valence-corrected chi connectivity index (χ0v) is 7.51. The van der Waals surface area contributed by atoms with Gasteiger partial charge in [0.2, 0.25) is 0 Å². The van der Waals surface area contributed by atoms with Crippen LogP contribution in [-0.2, 0) is 23.5 Å². The highest BCUT2D eigenvalue weighted by molar-refractivity contribution is 7.72. The number of thiol groups is 1. The first-order valence-electron chi connectivity index (χ1n) is 4.04. The first-order chi connectivity index (χ1) is 5.79. The van der Waals surface area contributed by atoms with Gasteiger partial charge >= 0.3 is 0 Å². The molecule has 0 saturated heterocycles. The van der Waals surface area contributed by atoms with Gasteiger partial charge in [0.05, 0.1) is 4.90 Å². The van der Waals surface area contributed by atoms with Crippen molar-refractivity contribution in [2.45, 2.75) is 24.2 Å². The maximum Gasteiger partial charge on any atom is 0.168 e. The summed E-state index contributed by atoms with van der Waals surface area (Å²) >= 11 is 0. The van der Waals surface area contributed by atoms with Crippen LogP contribution in [0, 0.1) is 0 Å². The average molecular weight is 182 g/mol. The molecule has 0 fully saturated rings. The summed E-state index contributed by atoms with van der Waals surface area (Å²) in [4.78, 5) is 0.528. The van der Waals surface area contributed by atoms with Gasteiger partial charge in [-0.1, -0.05) is 12.1 Å². The Balaban J connectivity index is 2.64. The van der Waals surface area contributed by atoms with E-state index >= 15 is 0 Å². The van der Waals surface area contributed by atoms with E-state index in [0.29, 0.717) is 4.90 Å². The molecule has 0 saturated carbocycles. The van der Waals surface area contributed by atoms with E-state index in [1.165, 1.54) is 5.56 Å². The molecular formula is C9H10O2S. The largest absolute Gasteiger partial charge is 0.227 e. The lowest BCUT2D eigenvalue weighted by Crippen LogP contribution is -1.89. The van der Waals surface area contributed by atoms with Crippen molar-refractivity contribution in [2.24, 2.45) is 0 Å². The second-order valence-corrected chi connectivity index (χ2v) is 4.02. The summed E-state index contributed by atoms with van der Waals surface area (Å²) in [5.41, 5.74) is 2.26. The van der Waals surface area contributed by atoms with Crippen molar-refractivity contribution in [1.82, 2.24) is 0 Å².